The van der Waals surface area contributed by atoms with Gasteiger partial charge in [-0.15, -0.1) is 11.6 Å². The molecule has 0 saturated heterocycles. The zero-order valence-electron chi connectivity index (χ0n) is 8.79. The van der Waals surface area contributed by atoms with Crippen molar-refractivity contribution in [3.63, 3.8) is 0 Å². The molecule has 0 heterocycles. The molecule has 1 atom stereocenters. The fourth-order valence-electron chi connectivity index (χ4n) is 0.959. The molecule has 0 saturated carbocycles. The van der Waals surface area contributed by atoms with Gasteiger partial charge in [-0.1, -0.05) is 0 Å². The Morgan fingerprint density at radius 2 is 2.20 bits per heavy atom. The predicted octanol–water partition coefficient (Wildman–Crippen LogP) is 0.943. The van der Waals surface area contributed by atoms with Crippen LogP contribution in [-0.4, -0.2) is 35.8 Å². The second-order valence-electron chi connectivity index (χ2n) is 3.06. The van der Waals surface area contributed by atoms with Crippen LogP contribution in [0.4, 0.5) is 4.79 Å². The molecule has 0 aromatic carbocycles. The van der Waals surface area contributed by atoms with Gasteiger partial charge in [0.15, 0.2) is 0 Å². The van der Waals surface area contributed by atoms with Crippen LogP contribution in [0.2, 0.25) is 0 Å². The number of imide groups is 1. The predicted molar refractivity (Wildman–Crippen MR) is 56.3 cm³/mol. The number of hydrogen-bond acceptors (Lipinski definition) is 3. The fourth-order valence-corrected chi connectivity index (χ4v) is 1.03. The van der Waals surface area contributed by atoms with Crippen molar-refractivity contribution in [2.24, 2.45) is 5.92 Å². The Labute approximate surface area is 94.0 Å². The normalized spacial score (nSPS) is 11.3. The molecule has 15 heavy (non-hydrogen) atoms. The van der Waals surface area contributed by atoms with Gasteiger partial charge in [0.05, 0.1) is 12.0 Å². The van der Waals surface area contributed by atoms with Crippen LogP contribution in [0.25, 0.3) is 0 Å². The Bertz CT molecular complexity index is 275. The number of hydrogen-bond donors (Lipinski definition) is 1. The van der Waals surface area contributed by atoms with E-state index in [-0.39, 0.29) is 11.8 Å². The van der Waals surface area contributed by atoms with E-state index in [9.17, 15) is 9.59 Å². The van der Waals surface area contributed by atoms with Crippen molar-refractivity contribution in [3.05, 3.63) is 0 Å². The van der Waals surface area contributed by atoms with Gasteiger partial charge in [-0.25, -0.2) is 4.79 Å². The Kier molecular flexibility index (Phi) is 6.47. The van der Waals surface area contributed by atoms with Crippen LogP contribution in [0.15, 0.2) is 0 Å². The standard InChI is InChI=1S/C9H14ClN3O2/c1-3-13(6-7(2)5-11)9(15)12-8(14)4-10/h7H,3-4,6H2,1-2H3,(H,12,14,15). The highest BCUT2D eigenvalue weighted by atomic mass is 35.5. The van der Waals surface area contributed by atoms with Gasteiger partial charge >= 0.3 is 6.03 Å². The molecule has 0 fully saturated rings. The number of alkyl halides is 1. The van der Waals surface area contributed by atoms with Crippen molar-refractivity contribution in [1.82, 2.24) is 10.2 Å². The van der Waals surface area contributed by atoms with Gasteiger partial charge in [0.1, 0.15) is 5.88 Å². The molecule has 3 amide bonds. The average molecular weight is 232 g/mol. The molecule has 0 bridgehead atoms. The molecule has 6 heteroatoms. The Hall–Kier alpha value is -1.28. The van der Waals surface area contributed by atoms with E-state index >= 15 is 0 Å². The van der Waals surface area contributed by atoms with Crippen LogP contribution in [0.5, 0.6) is 0 Å². The van der Waals surface area contributed by atoms with E-state index in [1.54, 1.807) is 13.8 Å². The maximum atomic E-state index is 11.4. The number of halogens is 1. The number of nitrogens with zero attached hydrogens (tertiary/aromatic N) is 2. The summed E-state index contributed by atoms with van der Waals surface area (Å²) in [6, 6.07) is 1.51. The number of carbonyl (C=O) groups excluding carboxylic acids is 2. The summed E-state index contributed by atoms with van der Waals surface area (Å²) in [4.78, 5) is 23.7. The second-order valence-corrected chi connectivity index (χ2v) is 3.32. The highest BCUT2D eigenvalue weighted by molar-refractivity contribution is 6.28. The number of rotatable bonds is 4. The number of nitriles is 1. The molecular weight excluding hydrogens is 218 g/mol. The lowest BCUT2D eigenvalue weighted by Crippen LogP contribution is -2.44. The second kappa shape index (κ2) is 7.07. The number of nitrogens with one attached hydrogen (secondary N) is 1. The monoisotopic (exact) mass is 231 g/mol. The lowest BCUT2D eigenvalue weighted by Gasteiger charge is -2.21. The maximum Gasteiger partial charge on any atom is 0.324 e. The van der Waals surface area contributed by atoms with Crippen LogP contribution >= 0.6 is 11.6 Å². The largest absolute Gasteiger partial charge is 0.324 e. The highest BCUT2D eigenvalue weighted by Crippen LogP contribution is 1.98. The average Bonchev–Trinajstić information content (AvgIpc) is 2.24. The van der Waals surface area contributed by atoms with Gasteiger partial charge in [-0.2, -0.15) is 5.26 Å². The topological polar surface area (TPSA) is 73.2 Å². The molecule has 0 aromatic rings. The Balaban J connectivity index is 4.23. The first-order valence-corrected chi connectivity index (χ1v) is 5.12. The molecule has 0 aliphatic carbocycles. The van der Waals surface area contributed by atoms with E-state index in [1.807, 2.05) is 6.07 Å². The van der Waals surface area contributed by atoms with Gasteiger partial charge in [0.2, 0.25) is 5.91 Å². The SMILES string of the molecule is CCN(CC(C)C#N)C(=O)NC(=O)CCl. The van der Waals surface area contributed by atoms with Crippen molar-refractivity contribution in [1.29, 1.82) is 5.26 Å². The van der Waals surface area contributed by atoms with Crippen LogP contribution in [0.1, 0.15) is 13.8 Å². The lowest BCUT2D eigenvalue weighted by atomic mass is 10.2. The third kappa shape index (κ3) is 5.23. The first kappa shape index (κ1) is 13.7. The van der Waals surface area contributed by atoms with Gasteiger partial charge in [-0.05, 0) is 13.8 Å². The van der Waals surface area contributed by atoms with E-state index in [2.05, 4.69) is 5.32 Å². The van der Waals surface area contributed by atoms with E-state index in [0.717, 1.165) is 0 Å². The summed E-state index contributed by atoms with van der Waals surface area (Å²) in [5.74, 6) is -1.05. The fraction of sp³-hybridized carbons (Fsp3) is 0.667. The number of amides is 3. The molecule has 0 rings (SSSR count). The molecular formula is C9H14ClN3O2. The molecule has 5 nitrogen and oxygen atoms in total. The molecule has 0 radical (unpaired) electrons. The minimum absolute atomic E-state index is 0.253. The summed E-state index contributed by atoms with van der Waals surface area (Å²) < 4.78 is 0. The van der Waals surface area contributed by atoms with Crippen molar-refractivity contribution in [2.75, 3.05) is 19.0 Å². The Morgan fingerprint density at radius 1 is 1.60 bits per heavy atom. The zero-order chi connectivity index (χ0) is 11.8. The molecule has 0 spiro atoms. The molecule has 84 valence electrons. The summed E-state index contributed by atoms with van der Waals surface area (Å²) >= 11 is 5.24. The van der Waals surface area contributed by atoms with Crippen molar-refractivity contribution in [2.45, 2.75) is 13.8 Å². The molecule has 0 aromatic heterocycles. The minimum atomic E-state index is -0.537. The third-order valence-electron chi connectivity index (χ3n) is 1.75. The molecule has 1 unspecified atom stereocenters. The van der Waals surface area contributed by atoms with E-state index in [1.165, 1.54) is 4.90 Å². The van der Waals surface area contributed by atoms with Crippen LogP contribution in [0, 0.1) is 17.2 Å². The van der Waals surface area contributed by atoms with Gasteiger partial charge in [0.25, 0.3) is 0 Å². The maximum absolute atomic E-state index is 11.4. The van der Waals surface area contributed by atoms with Crippen molar-refractivity contribution >= 4 is 23.5 Å². The third-order valence-corrected chi connectivity index (χ3v) is 1.99. The first-order chi connectivity index (χ1) is 7.04. The van der Waals surface area contributed by atoms with E-state index < -0.39 is 11.9 Å². The Morgan fingerprint density at radius 3 is 2.60 bits per heavy atom. The zero-order valence-corrected chi connectivity index (χ0v) is 9.54. The first-order valence-electron chi connectivity index (χ1n) is 4.59. The van der Waals surface area contributed by atoms with Gasteiger partial charge in [-0.3, -0.25) is 10.1 Å². The smallest absolute Gasteiger partial charge is 0.323 e. The molecule has 0 aliphatic heterocycles. The quantitative estimate of drug-likeness (QED) is 0.732. The van der Waals surface area contributed by atoms with Crippen LogP contribution in [-0.2, 0) is 4.79 Å². The summed E-state index contributed by atoms with van der Waals surface area (Å²) in [5, 5.41) is 10.7. The molecule has 0 aliphatic rings. The molecule has 1 N–H and O–H groups in total. The van der Waals surface area contributed by atoms with Crippen molar-refractivity contribution < 1.29 is 9.59 Å². The van der Waals surface area contributed by atoms with Crippen LogP contribution < -0.4 is 5.32 Å². The van der Waals surface area contributed by atoms with Crippen molar-refractivity contribution in [3.8, 4) is 6.07 Å². The summed E-state index contributed by atoms with van der Waals surface area (Å²) in [6.07, 6.45) is 0. The van der Waals surface area contributed by atoms with Gasteiger partial charge < -0.3 is 4.90 Å². The highest BCUT2D eigenvalue weighted by Gasteiger charge is 2.16. The van der Waals surface area contributed by atoms with E-state index in [0.29, 0.717) is 13.1 Å². The minimum Gasteiger partial charge on any atom is -0.323 e. The number of urea groups is 1. The lowest BCUT2D eigenvalue weighted by molar-refractivity contribution is -0.117. The number of carbonyl (C=O) groups is 2. The summed E-state index contributed by atoms with van der Waals surface area (Å²) in [5.41, 5.74) is 0. The summed E-state index contributed by atoms with van der Waals surface area (Å²) in [7, 11) is 0. The van der Waals surface area contributed by atoms with Gasteiger partial charge in [0, 0.05) is 13.1 Å². The van der Waals surface area contributed by atoms with Crippen LogP contribution in [0.3, 0.4) is 0 Å². The van der Waals surface area contributed by atoms with E-state index in [4.69, 9.17) is 16.9 Å². The summed E-state index contributed by atoms with van der Waals surface area (Å²) in [6.45, 7) is 4.22.